The molecule has 0 bridgehead atoms. The number of halogens is 1. The molecule has 0 atom stereocenters. The molecule has 0 saturated carbocycles. The molecule has 0 spiro atoms. The first-order valence-corrected chi connectivity index (χ1v) is 12.6. The number of benzene rings is 2. The van der Waals surface area contributed by atoms with E-state index in [4.69, 9.17) is 0 Å². The molecule has 7 heteroatoms. The molecule has 182 valence electrons. The normalized spacial score (nSPS) is 14.2. The number of nitrogens with one attached hydrogen (secondary N) is 2. The van der Waals surface area contributed by atoms with E-state index in [1.165, 1.54) is 24.5 Å². The Bertz CT molecular complexity index is 1740. The predicted octanol–water partition coefficient (Wildman–Crippen LogP) is 6.57. The number of likely N-dealkylation sites (tertiary alicyclic amines) is 1. The lowest BCUT2D eigenvalue weighted by atomic mass is 10.0. The van der Waals surface area contributed by atoms with Crippen molar-refractivity contribution in [3.63, 3.8) is 0 Å². The first-order valence-electron chi connectivity index (χ1n) is 12.6. The van der Waals surface area contributed by atoms with Crippen LogP contribution >= 0.6 is 0 Å². The first kappa shape index (κ1) is 21.9. The highest BCUT2D eigenvalue weighted by atomic mass is 19.1. The summed E-state index contributed by atoms with van der Waals surface area (Å²) in [5, 5.41) is 9.73. The van der Waals surface area contributed by atoms with Crippen LogP contribution in [0.25, 0.3) is 55.6 Å². The minimum absolute atomic E-state index is 0.261. The van der Waals surface area contributed by atoms with Gasteiger partial charge in [0.05, 0.1) is 11.2 Å². The fourth-order valence-corrected chi connectivity index (χ4v) is 5.39. The van der Waals surface area contributed by atoms with E-state index in [9.17, 15) is 4.39 Å². The lowest BCUT2D eigenvalue weighted by Gasteiger charge is -2.14. The van der Waals surface area contributed by atoms with E-state index >= 15 is 0 Å². The van der Waals surface area contributed by atoms with Crippen LogP contribution in [-0.2, 0) is 6.54 Å². The standard InChI is InChI=1S/C30H25FN6/c31-23-5-3-4-21(13-23)24-8-9-33-30-25(24)15-28(34-30)29-26-14-20(6-7-27(26)35-36-29)22-12-19(16-32-17-22)18-37-10-1-2-11-37/h3-9,12-17H,1-2,10-11,18H2,(H,33,34)(H,35,36). The van der Waals surface area contributed by atoms with Gasteiger partial charge in [-0.15, -0.1) is 0 Å². The van der Waals surface area contributed by atoms with E-state index < -0.39 is 0 Å². The van der Waals surface area contributed by atoms with Gasteiger partial charge >= 0.3 is 0 Å². The molecule has 2 aromatic carbocycles. The third kappa shape index (κ3) is 4.07. The molecule has 0 amide bonds. The van der Waals surface area contributed by atoms with Crippen molar-refractivity contribution >= 4 is 21.9 Å². The van der Waals surface area contributed by atoms with Gasteiger partial charge < -0.3 is 4.98 Å². The molecule has 7 rings (SSSR count). The molecule has 6 nitrogen and oxygen atoms in total. The van der Waals surface area contributed by atoms with Crippen LogP contribution in [0, 0.1) is 5.82 Å². The van der Waals surface area contributed by atoms with Crippen molar-refractivity contribution in [3.8, 4) is 33.6 Å². The Balaban J connectivity index is 1.28. The molecule has 0 aliphatic carbocycles. The smallest absolute Gasteiger partial charge is 0.138 e. The number of pyridine rings is 2. The number of nitrogens with zero attached hydrogens (tertiary/aromatic N) is 4. The Morgan fingerprint density at radius 3 is 2.68 bits per heavy atom. The number of rotatable bonds is 5. The molecule has 6 aromatic rings. The highest BCUT2D eigenvalue weighted by Gasteiger charge is 2.16. The summed E-state index contributed by atoms with van der Waals surface area (Å²) in [6, 6.07) is 19.2. The molecule has 1 saturated heterocycles. The average molecular weight is 489 g/mol. The maximum Gasteiger partial charge on any atom is 0.138 e. The second-order valence-electron chi connectivity index (χ2n) is 9.71. The SMILES string of the molecule is Fc1cccc(-c2ccnc3[nH]c(-c4n[nH]c5ccc(-c6cncc(CN7CCCC7)c6)cc45)cc23)c1. The predicted molar refractivity (Wildman–Crippen MR) is 144 cm³/mol. The number of hydrogen-bond acceptors (Lipinski definition) is 4. The van der Waals surface area contributed by atoms with Gasteiger partial charge in [0.25, 0.3) is 0 Å². The zero-order valence-corrected chi connectivity index (χ0v) is 20.2. The van der Waals surface area contributed by atoms with E-state index in [-0.39, 0.29) is 5.82 Å². The molecular weight excluding hydrogens is 463 g/mol. The van der Waals surface area contributed by atoms with Crippen molar-refractivity contribution in [1.82, 2.24) is 30.0 Å². The molecular formula is C30H25FN6. The van der Waals surface area contributed by atoms with Crippen LogP contribution < -0.4 is 0 Å². The summed E-state index contributed by atoms with van der Waals surface area (Å²) >= 11 is 0. The van der Waals surface area contributed by atoms with Crippen LogP contribution in [0.1, 0.15) is 18.4 Å². The number of H-pyrrole nitrogens is 2. The summed E-state index contributed by atoms with van der Waals surface area (Å²) in [6.07, 6.45) is 8.19. The zero-order valence-electron chi connectivity index (χ0n) is 20.2. The molecule has 1 aliphatic heterocycles. The second kappa shape index (κ2) is 8.94. The van der Waals surface area contributed by atoms with Gasteiger partial charge in [0.1, 0.15) is 17.2 Å². The topological polar surface area (TPSA) is 73.5 Å². The molecule has 1 fully saturated rings. The van der Waals surface area contributed by atoms with Gasteiger partial charge in [-0.3, -0.25) is 15.0 Å². The summed E-state index contributed by atoms with van der Waals surface area (Å²) in [5.74, 6) is -0.261. The summed E-state index contributed by atoms with van der Waals surface area (Å²) in [4.78, 5) is 15.0. The van der Waals surface area contributed by atoms with Crippen LogP contribution in [0.5, 0.6) is 0 Å². The Labute approximate surface area is 213 Å². The Morgan fingerprint density at radius 2 is 1.78 bits per heavy atom. The largest absolute Gasteiger partial charge is 0.338 e. The summed E-state index contributed by atoms with van der Waals surface area (Å²) in [7, 11) is 0. The number of hydrogen-bond donors (Lipinski definition) is 2. The maximum absolute atomic E-state index is 13.9. The first-order chi connectivity index (χ1) is 18.2. The summed E-state index contributed by atoms with van der Waals surface area (Å²) < 4.78 is 13.9. The van der Waals surface area contributed by atoms with Crippen LogP contribution in [0.2, 0.25) is 0 Å². The van der Waals surface area contributed by atoms with Crippen molar-refractivity contribution in [2.24, 2.45) is 0 Å². The van der Waals surface area contributed by atoms with Crippen LogP contribution in [0.4, 0.5) is 4.39 Å². The quantitative estimate of drug-likeness (QED) is 0.288. The van der Waals surface area contributed by atoms with Gasteiger partial charge in [-0.05, 0) is 90.6 Å². The fourth-order valence-electron chi connectivity index (χ4n) is 5.39. The summed E-state index contributed by atoms with van der Waals surface area (Å²) in [6.45, 7) is 3.26. The minimum Gasteiger partial charge on any atom is -0.338 e. The van der Waals surface area contributed by atoms with Crippen molar-refractivity contribution < 1.29 is 4.39 Å². The van der Waals surface area contributed by atoms with E-state index in [0.29, 0.717) is 0 Å². The van der Waals surface area contributed by atoms with E-state index in [1.807, 2.05) is 30.6 Å². The third-order valence-corrected chi connectivity index (χ3v) is 7.22. The van der Waals surface area contributed by atoms with Crippen LogP contribution in [0.3, 0.4) is 0 Å². The number of fused-ring (bicyclic) bond motifs is 2. The van der Waals surface area contributed by atoms with Crippen LogP contribution in [-0.4, -0.2) is 43.1 Å². The molecule has 2 N–H and O–H groups in total. The van der Waals surface area contributed by atoms with E-state index in [2.05, 4.69) is 54.3 Å². The van der Waals surface area contributed by atoms with Crippen molar-refractivity contribution in [2.75, 3.05) is 13.1 Å². The molecule has 5 heterocycles. The third-order valence-electron chi connectivity index (χ3n) is 7.22. The van der Waals surface area contributed by atoms with Gasteiger partial charge in [0, 0.05) is 41.5 Å². The average Bonchev–Trinajstić information content (AvgIpc) is 3.67. The molecule has 37 heavy (non-hydrogen) atoms. The molecule has 4 aromatic heterocycles. The van der Waals surface area contributed by atoms with Gasteiger partial charge in [0.15, 0.2) is 0 Å². The van der Waals surface area contributed by atoms with E-state index in [1.54, 1.807) is 18.3 Å². The van der Waals surface area contributed by atoms with Gasteiger partial charge in [0.2, 0.25) is 0 Å². The lowest BCUT2D eigenvalue weighted by Crippen LogP contribution is -2.18. The number of aromatic nitrogens is 5. The fraction of sp³-hybridized carbons (Fsp3) is 0.167. The second-order valence-corrected chi connectivity index (χ2v) is 9.71. The van der Waals surface area contributed by atoms with Crippen molar-refractivity contribution in [3.05, 3.63) is 90.6 Å². The molecule has 1 aliphatic rings. The highest BCUT2D eigenvalue weighted by Crippen LogP contribution is 2.35. The lowest BCUT2D eigenvalue weighted by molar-refractivity contribution is 0.331. The Kier molecular flexibility index (Phi) is 5.29. The zero-order chi connectivity index (χ0) is 24.8. The van der Waals surface area contributed by atoms with E-state index in [0.717, 1.165) is 75.2 Å². The van der Waals surface area contributed by atoms with Crippen molar-refractivity contribution in [1.29, 1.82) is 0 Å². The highest BCUT2D eigenvalue weighted by molar-refractivity contribution is 6.00. The molecule has 0 unspecified atom stereocenters. The number of aromatic amines is 2. The Morgan fingerprint density at radius 1 is 0.865 bits per heavy atom. The Hall–Kier alpha value is -4.36. The van der Waals surface area contributed by atoms with Gasteiger partial charge in [-0.2, -0.15) is 5.10 Å². The van der Waals surface area contributed by atoms with Crippen molar-refractivity contribution in [2.45, 2.75) is 19.4 Å². The maximum atomic E-state index is 13.9. The summed E-state index contributed by atoms with van der Waals surface area (Å²) in [5.41, 5.74) is 8.54. The van der Waals surface area contributed by atoms with Gasteiger partial charge in [-0.1, -0.05) is 18.2 Å². The monoisotopic (exact) mass is 488 g/mol. The molecule has 0 radical (unpaired) electrons. The minimum atomic E-state index is -0.261. The van der Waals surface area contributed by atoms with Gasteiger partial charge in [-0.25, -0.2) is 9.37 Å². The van der Waals surface area contributed by atoms with Crippen LogP contribution in [0.15, 0.2) is 79.3 Å².